The van der Waals surface area contributed by atoms with Crippen LogP contribution in [0.15, 0.2) is 36.4 Å². The highest BCUT2D eigenvalue weighted by molar-refractivity contribution is 6.02. The number of aromatic hydroxyl groups is 2. The largest absolute Gasteiger partial charge is 0.493 e. The summed E-state index contributed by atoms with van der Waals surface area (Å²) in [6, 6.07) is 10.5. The molecular formula is C16H14N2O4. The van der Waals surface area contributed by atoms with Gasteiger partial charge in [-0.1, -0.05) is 30.3 Å². The molecule has 0 fully saturated rings. The number of nitrogens with zero attached hydrogens (tertiary/aromatic N) is 2. The first-order valence-corrected chi connectivity index (χ1v) is 6.55. The van der Waals surface area contributed by atoms with E-state index in [9.17, 15) is 10.2 Å². The zero-order valence-corrected chi connectivity index (χ0v) is 12.1. The number of rotatable bonds is 3. The van der Waals surface area contributed by atoms with E-state index >= 15 is 0 Å². The quantitative estimate of drug-likeness (QED) is 0.773. The number of aromatic nitrogens is 2. The molecule has 0 saturated carbocycles. The summed E-state index contributed by atoms with van der Waals surface area (Å²) in [5, 5.41) is 20.1. The van der Waals surface area contributed by atoms with Crippen LogP contribution in [0.5, 0.6) is 23.4 Å². The van der Waals surface area contributed by atoms with Crippen LogP contribution in [0, 0.1) is 0 Å². The lowest BCUT2D eigenvalue weighted by Crippen LogP contribution is -1.97. The lowest BCUT2D eigenvalue weighted by atomic mass is 9.99. The molecule has 6 nitrogen and oxygen atoms in total. The number of fused-ring (bicyclic) bond motifs is 1. The Morgan fingerprint density at radius 3 is 2.32 bits per heavy atom. The van der Waals surface area contributed by atoms with Gasteiger partial charge >= 0.3 is 6.01 Å². The van der Waals surface area contributed by atoms with Gasteiger partial charge in [0.15, 0.2) is 11.5 Å². The molecule has 0 aliphatic heterocycles. The molecule has 0 saturated heterocycles. The molecule has 0 spiro atoms. The maximum absolute atomic E-state index is 10.2. The summed E-state index contributed by atoms with van der Waals surface area (Å²) < 4.78 is 10.8. The lowest BCUT2D eigenvalue weighted by Gasteiger charge is -2.16. The van der Waals surface area contributed by atoms with Crippen LogP contribution in [0.3, 0.4) is 0 Å². The van der Waals surface area contributed by atoms with Gasteiger partial charge in [-0.2, -0.15) is 9.97 Å². The van der Waals surface area contributed by atoms with Crippen LogP contribution in [0.4, 0.5) is 0 Å². The third kappa shape index (κ3) is 2.14. The van der Waals surface area contributed by atoms with Crippen LogP contribution in [0.25, 0.3) is 22.0 Å². The number of ether oxygens (including phenoxy) is 2. The maximum Gasteiger partial charge on any atom is 0.317 e. The minimum atomic E-state index is -0.503. The molecule has 0 atom stereocenters. The van der Waals surface area contributed by atoms with Crippen molar-refractivity contribution in [3.63, 3.8) is 0 Å². The van der Waals surface area contributed by atoms with Gasteiger partial charge in [0.2, 0.25) is 5.88 Å². The standard InChI is InChI=1S/C16H14N2O4/c1-21-11-8-10-13(15(19)18-16(20)17-10)12(14(11)22-2)9-6-4-3-5-7-9/h3-8H,1-2H3,(H2,17,18,19,20). The summed E-state index contributed by atoms with van der Waals surface area (Å²) in [7, 11) is 3.04. The molecule has 112 valence electrons. The van der Waals surface area contributed by atoms with E-state index < -0.39 is 6.01 Å². The van der Waals surface area contributed by atoms with Crippen molar-refractivity contribution in [1.82, 2.24) is 9.97 Å². The van der Waals surface area contributed by atoms with E-state index in [2.05, 4.69) is 9.97 Å². The normalized spacial score (nSPS) is 10.6. The van der Waals surface area contributed by atoms with Crippen molar-refractivity contribution < 1.29 is 19.7 Å². The first-order chi connectivity index (χ1) is 10.7. The maximum atomic E-state index is 10.2. The van der Waals surface area contributed by atoms with E-state index in [0.29, 0.717) is 28.0 Å². The Labute approximate surface area is 126 Å². The van der Waals surface area contributed by atoms with E-state index in [0.717, 1.165) is 5.56 Å². The molecule has 2 aromatic carbocycles. The van der Waals surface area contributed by atoms with Gasteiger partial charge in [0.25, 0.3) is 0 Å². The van der Waals surface area contributed by atoms with E-state index in [1.807, 2.05) is 30.3 Å². The zero-order chi connectivity index (χ0) is 15.7. The summed E-state index contributed by atoms with van der Waals surface area (Å²) in [5.74, 6) is 0.597. The predicted octanol–water partition coefficient (Wildman–Crippen LogP) is 2.73. The summed E-state index contributed by atoms with van der Waals surface area (Å²) in [6.45, 7) is 0. The molecule has 1 aromatic heterocycles. The summed E-state index contributed by atoms with van der Waals surface area (Å²) in [5.41, 5.74) is 1.78. The first kappa shape index (κ1) is 13.9. The highest BCUT2D eigenvalue weighted by atomic mass is 16.5. The Hall–Kier alpha value is -3.02. The summed E-state index contributed by atoms with van der Waals surface area (Å²) in [4.78, 5) is 7.58. The van der Waals surface area contributed by atoms with Crippen LogP contribution < -0.4 is 9.47 Å². The van der Waals surface area contributed by atoms with Crippen molar-refractivity contribution in [3.05, 3.63) is 36.4 Å². The van der Waals surface area contributed by atoms with E-state index in [-0.39, 0.29) is 5.88 Å². The number of methoxy groups -OCH3 is 2. The van der Waals surface area contributed by atoms with Gasteiger partial charge in [-0.25, -0.2) is 0 Å². The lowest BCUT2D eigenvalue weighted by molar-refractivity contribution is 0.356. The molecule has 22 heavy (non-hydrogen) atoms. The van der Waals surface area contributed by atoms with Crippen molar-refractivity contribution in [2.75, 3.05) is 14.2 Å². The zero-order valence-electron chi connectivity index (χ0n) is 12.1. The smallest absolute Gasteiger partial charge is 0.317 e. The minimum absolute atomic E-state index is 0.317. The number of benzene rings is 2. The highest BCUT2D eigenvalue weighted by Gasteiger charge is 2.21. The Bertz CT molecular complexity index is 835. The molecule has 3 aromatic rings. The minimum Gasteiger partial charge on any atom is -0.493 e. The second-order valence-electron chi connectivity index (χ2n) is 4.59. The van der Waals surface area contributed by atoms with Gasteiger partial charge in [0, 0.05) is 11.6 Å². The monoisotopic (exact) mass is 298 g/mol. The van der Waals surface area contributed by atoms with Gasteiger partial charge in [0.05, 0.1) is 25.1 Å². The van der Waals surface area contributed by atoms with Gasteiger partial charge in [-0.15, -0.1) is 0 Å². The number of hydrogen-bond acceptors (Lipinski definition) is 6. The average Bonchev–Trinajstić information content (AvgIpc) is 2.53. The first-order valence-electron chi connectivity index (χ1n) is 6.55. The van der Waals surface area contributed by atoms with Crippen LogP contribution in [0.2, 0.25) is 0 Å². The predicted molar refractivity (Wildman–Crippen MR) is 81.4 cm³/mol. The van der Waals surface area contributed by atoms with Crippen LogP contribution >= 0.6 is 0 Å². The highest BCUT2D eigenvalue weighted by Crippen LogP contribution is 2.45. The molecule has 0 bridgehead atoms. The molecule has 6 heteroatoms. The molecular weight excluding hydrogens is 284 g/mol. The van der Waals surface area contributed by atoms with E-state index in [1.54, 1.807) is 6.07 Å². The van der Waals surface area contributed by atoms with Gasteiger partial charge < -0.3 is 19.7 Å². The van der Waals surface area contributed by atoms with Gasteiger partial charge in [0.1, 0.15) is 0 Å². The molecule has 0 aliphatic rings. The average molecular weight is 298 g/mol. The second-order valence-corrected chi connectivity index (χ2v) is 4.59. The van der Waals surface area contributed by atoms with E-state index in [4.69, 9.17) is 9.47 Å². The van der Waals surface area contributed by atoms with Crippen molar-refractivity contribution in [2.24, 2.45) is 0 Å². The molecule has 2 N–H and O–H groups in total. The van der Waals surface area contributed by atoms with Crippen LogP contribution in [-0.4, -0.2) is 34.4 Å². The Kier molecular flexibility index (Phi) is 3.42. The topological polar surface area (TPSA) is 84.7 Å². The fraction of sp³-hybridized carbons (Fsp3) is 0.125. The molecule has 3 rings (SSSR count). The molecule has 0 amide bonds. The van der Waals surface area contributed by atoms with Crippen molar-refractivity contribution in [1.29, 1.82) is 0 Å². The van der Waals surface area contributed by atoms with Crippen LogP contribution in [0.1, 0.15) is 0 Å². The second kappa shape index (κ2) is 5.40. The molecule has 0 radical (unpaired) electrons. The Morgan fingerprint density at radius 1 is 0.955 bits per heavy atom. The molecule has 1 heterocycles. The molecule has 0 unspecified atom stereocenters. The van der Waals surface area contributed by atoms with Crippen molar-refractivity contribution in [2.45, 2.75) is 0 Å². The molecule has 0 aliphatic carbocycles. The van der Waals surface area contributed by atoms with Gasteiger partial charge in [-0.3, -0.25) is 0 Å². The number of hydrogen-bond donors (Lipinski definition) is 2. The Balaban J connectivity index is 2.50. The fourth-order valence-corrected chi connectivity index (χ4v) is 2.46. The summed E-state index contributed by atoms with van der Waals surface area (Å²) >= 11 is 0. The fourth-order valence-electron chi connectivity index (χ4n) is 2.46. The van der Waals surface area contributed by atoms with Gasteiger partial charge in [-0.05, 0) is 5.56 Å². The van der Waals surface area contributed by atoms with Crippen LogP contribution in [-0.2, 0) is 0 Å². The third-order valence-corrected chi connectivity index (χ3v) is 3.36. The van der Waals surface area contributed by atoms with E-state index in [1.165, 1.54) is 14.2 Å². The third-order valence-electron chi connectivity index (χ3n) is 3.36. The van der Waals surface area contributed by atoms with Crippen molar-refractivity contribution >= 4 is 10.9 Å². The van der Waals surface area contributed by atoms with Crippen molar-refractivity contribution in [3.8, 4) is 34.5 Å². The summed E-state index contributed by atoms with van der Waals surface area (Å²) in [6.07, 6.45) is 0. The SMILES string of the molecule is COc1cc2nc(O)nc(O)c2c(-c2ccccc2)c1OC. The Morgan fingerprint density at radius 2 is 1.68 bits per heavy atom.